The highest BCUT2D eigenvalue weighted by Gasteiger charge is 2.52. The second-order valence-corrected chi connectivity index (χ2v) is 7.22. The lowest BCUT2D eigenvalue weighted by molar-refractivity contribution is -0.384. The van der Waals surface area contributed by atoms with Crippen molar-refractivity contribution in [3.8, 4) is 0 Å². The molecule has 150 valence electrons. The van der Waals surface area contributed by atoms with Crippen LogP contribution >= 0.6 is 0 Å². The molecule has 1 aliphatic heterocycles. The van der Waals surface area contributed by atoms with Crippen LogP contribution in [-0.2, 0) is 9.59 Å². The Morgan fingerprint density at radius 2 is 2.07 bits per heavy atom. The summed E-state index contributed by atoms with van der Waals surface area (Å²) in [5, 5.41) is 15.7. The van der Waals surface area contributed by atoms with Gasteiger partial charge in [-0.3, -0.25) is 24.6 Å². The molecule has 1 saturated carbocycles. The van der Waals surface area contributed by atoms with E-state index in [-0.39, 0.29) is 5.69 Å². The maximum absolute atomic E-state index is 13.8. The molecule has 1 aromatic rings. The van der Waals surface area contributed by atoms with Crippen molar-refractivity contribution in [3.05, 3.63) is 34.1 Å². The van der Waals surface area contributed by atoms with Gasteiger partial charge in [0.2, 0.25) is 5.91 Å². The molecule has 9 nitrogen and oxygen atoms in total. The molecular formula is C18H21FN4O5. The zero-order chi connectivity index (χ0) is 20.5. The SMILES string of the molecule is CCC1CCC2(CC1)NC(=O)N(CC(=O)Nc1cc([N+](=O)[O-])ccc1F)C2=O. The zero-order valence-corrected chi connectivity index (χ0v) is 15.4. The minimum Gasteiger partial charge on any atom is -0.323 e. The summed E-state index contributed by atoms with van der Waals surface area (Å²) in [6.45, 7) is 1.49. The largest absolute Gasteiger partial charge is 0.325 e. The molecule has 0 atom stereocenters. The summed E-state index contributed by atoms with van der Waals surface area (Å²) in [7, 11) is 0. The summed E-state index contributed by atoms with van der Waals surface area (Å²) in [5.74, 6) is -1.61. The number of amides is 4. The third-order valence-corrected chi connectivity index (χ3v) is 5.52. The number of nitrogens with one attached hydrogen (secondary N) is 2. The van der Waals surface area contributed by atoms with Crippen molar-refractivity contribution in [2.75, 3.05) is 11.9 Å². The van der Waals surface area contributed by atoms with Crippen molar-refractivity contribution in [2.24, 2.45) is 5.92 Å². The Morgan fingerprint density at radius 3 is 2.68 bits per heavy atom. The number of anilines is 1. The molecule has 1 heterocycles. The van der Waals surface area contributed by atoms with Crippen molar-refractivity contribution in [1.29, 1.82) is 0 Å². The molecule has 0 bridgehead atoms. The van der Waals surface area contributed by atoms with E-state index in [0.717, 1.165) is 42.4 Å². The van der Waals surface area contributed by atoms with Gasteiger partial charge in [-0.05, 0) is 37.7 Å². The van der Waals surface area contributed by atoms with E-state index >= 15 is 0 Å². The highest BCUT2D eigenvalue weighted by molar-refractivity contribution is 6.10. The van der Waals surface area contributed by atoms with Crippen molar-refractivity contribution in [2.45, 2.75) is 44.6 Å². The van der Waals surface area contributed by atoms with Crippen LogP contribution in [0.5, 0.6) is 0 Å². The molecule has 2 aliphatic rings. The fourth-order valence-corrected chi connectivity index (χ4v) is 3.79. The number of non-ortho nitro benzene ring substituents is 1. The predicted octanol–water partition coefficient (Wildman–Crippen LogP) is 2.56. The van der Waals surface area contributed by atoms with E-state index in [4.69, 9.17) is 0 Å². The predicted molar refractivity (Wildman–Crippen MR) is 96.9 cm³/mol. The van der Waals surface area contributed by atoms with E-state index in [0.29, 0.717) is 18.8 Å². The van der Waals surface area contributed by atoms with Crippen LogP contribution in [0.2, 0.25) is 0 Å². The lowest BCUT2D eigenvalue weighted by Gasteiger charge is -2.34. The van der Waals surface area contributed by atoms with Crippen LogP contribution in [-0.4, -0.2) is 39.8 Å². The Kier molecular flexibility index (Phi) is 5.30. The van der Waals surface area contributed by atoms with Crippen molar-refractivity contribution in [1.82, 2.24) is 10.2 Å². The monoisotopic (exact) mass is 392 g/mol. The maximum atomic E-state index is 13.8. The number of nitro benzene ring substituents is 1. The van der Waals surface area contributed by atoms with Crippen LogP contribution in [0.1, 0.15) is 39.0 Å². The van der Waals surface area contributed by atoms with Crippen LogP contribution < -0.4 is 10.6 Å². The molecular weight excluding hydrogens is 371 g/mol. The Labute approximate surface area is 160 Å². The van der Waals surface area contributed by atoms with Crippen molar-refractivity contribution < 1.29 is 23.7 Å². The lowest BCUT2D eigenvalue weighted by Crippen LogP contribution is -2.49. The topological polar surface area (TPSA) is 122 Å². The number of carbonyl (C=O) groups excluding carboxylic acids is 3. The normalized spacial score (nSPS) is 24.4. The standard InChI is InChI=1S/C18H21FN4O5/c1-2-11-5-7-18(8-6-11)16(25)22(17(26)21-18)10-15(24)20-14-9-12(23(27)28)3-4-13(14)19/h3-4,9,11H,2,5-8,10H2,1H3,(H,20,24)(H,21,26). The second-order valence-electron chi connectivity index (χ2n) is 7.22. The van der Waals surface area contributed by atoms with Gasteiger partial charge in [-0.15, -0.1) is 0 Å². The highest BCUT2D eigenvalue weighted by Crippen LogP contribution is 2.37. The van der Waals surface area contributed by atoms with Gasteiger partial charge in [0.05, 0.1) is 10.6 Å². The van der Waals surface area contributed by atoms with Gasteiger partial charge in [0.25, 0.3) is 11.6 Å². The van der Waals surface area contributed by atoms with Gasteiger partial charge in [0, 0.05) is 12.1 Å². The fourth-order valence-electron chi connectivity index (χ4n) is 3.79. The number of benzene rings is 1. The summed E-state index contributed by atoms with van der Waals surface area (Å²) in [6, 6.07) is 2.06. The number of nitro groups is 1. The summed E-state index contributed by atoms with van der Waals surface area (Å²) < 4.78 is 13.8. The first-order valence-corrected chi connectivity index (χ1v) is 9.13. The number of nitrogens with zero attached hydrogens (tertiary/aromatic N) is 2. The average Bonchev–Trinajstić information content (AvgIpc) is 2.88. The molecule has 10 heteroatoms. The molecule has 0 radical (unpaired) electrons. The Bertz CT molecular complexity index is 835. The van der Waals surface area contributed by atoms with E-state index < -0.39 is 46.4 Å². The molecule has 28 heavy (non-hydrogen) atoms. The molecule has 0 unspecified atom stereocenters. The van der Waals surface area contributed by atoms with Crippen molar-refractivity contribution >= 4 is 29.2 Å². The first kappa shape index (κ1) is 19.7. The number of hydrogen-bond acceptors (Lipinski definition) is 5. The van der Waals surface area contributed by atoms with Gasteiger partial charge in [0.1, 0.15) is 17.9 Å². The molecule has 4 amide bonds. The maximum Gasteiger partial charge on any atom is 0.325 e. The smallest absolute Gasteiger partial charge is 0.323 e. The highest BCUT2D eigenvalue weighted by atomic mass is 19.1. The quantitative estimate of drug-likeness (QED) is 0.453. The Hall–Kier alpha value is -3.04. The minimum absolute atomic E-state index is 0.385. The minimum atomic E-state index is -0.972. The lowest BCUT2D eigenvalue weighted by atomic mass is 9.75. The van der Waals surface area contributed by atoms with Gasteiger partial charge in [-0.1, -0.05) is 13.3 Å². The van der Waals surface area contributed by atoms with E-state index in [1.54, 1.807) is 0 Å². The van der Waals surface area contributed by atoms with E-state index in [1.165, 1.54) is 0 Å². The molecule has 0 aromatic heterocycles. The van der Waals surface area contributed by atoms with Crippen molar-refractivity contribution in [3.63, 3.8) is 0 Å². The van der Waals surface area contributed by atoms with E-state index in [1.807, 2.05) is 0 Å². The van der Waals surface area contributed by atoms with Gasteiger partial charge in [0.15, 0.2) is 0 Å². The Morgan fingerprint density at radius 1 is 1.39 bits per heavy atom. The second kappa shape index (κ2) is 7.53. The number of urea groups is 1. The fraction of sp³-hybridized carbons (Fsp3) is 0.500. The van der Waals surface area contributed by atoms with Gasteiger partial charge in [-0.2, -0.15) is 0 Å². The van der Waals surface area contributed by atoms with Crippen LogP contribution in [0.15, 0.2) is 18.2 Å². The first-order chi connectivity index (χ1) is 13.3. The average molecular weight is 392 g/mol. The van der Waals surface area contributed by atoms with Gasteiger partial charge in [-0.25, -0.2) is 9.18 Å². The van der Waals surface area contributed by atoms with Crippen LogP contribution in [0.25, 0.3) is 0 Å². The van der Waals surface area contributed by atoms with Crippen LogP contribution in [0.4, 0.5) is 20.6 Å². The molecule has 1 aromatic carbocycles. The van der Waals surface area contributed by atoms with E-state index in [2.05, 4.69) is 17.6 Å². The van der Waals surface area contributed by atoms with Crippen LogP contribution in [0.3, 0.4) is 0 Å². The van der Waals surface area contributed by atoms with Gasteiger partial charge < -0.3 is 10.6 Å². The number of carbonyl (C=O) groups is 3. The summed E-state index contributed by atoms with van der Waals surface area (Å²) >= 11 is 0. The molecule has 1 saturated heterocycles. The molecule has 1 aliphatic carbocycles. The summed E-state index contributed by atoms with van der Waals surface area (Å²) in [6.07, 6.45) is 3.70. The third kappa shape index (κ3) is 3.67. The molecule has 3 rings (SSSR count). The number of imide groups is 1. The first-order valence-electron chi connectivity index (χ1n) is 9.13. The summed E-state index contributed by atoms with van der Waals surface area (Å²) in [4.78, 5) is 48.2. The molecule has 2 fully saturated rings. The summed E-state index contributed by atoms with van der Waals surface area (Å²) in [5.41, 5.74) is -1.75. The molecule has 2 N–H and O–H groups in total. The van der Waals surface area contributed by atoms with Crippen LogP contribution in [0, 0.1) is 21.8 Å². The van der Waals surface area contributed by atoms with Gasteiger partial charge >= 0.3 is 6.03 Å². The number of halogens is 1. The van der Waals surface area contributed by atoms with E-state index in [9.17, 15) is 28.9 Å². The zero-order valence-electron chi connectivity index (χ0n) is 15.4. The number of rotatable bonds is 5. The molecule has 1 spiro atoms. The third-order valence-electron chi connectivity index (χ3n) is 5.52. The number of hydrogen-bond donors (Lipinski definition) is 2. The Balaban J connectivity index is 1.68.